The van der Waals surface area contributed by atoms with Gasteiger partial charge in [-0.1, -0.05) is 30.3 Å². The topological polar surface area (TPSA) is 50.8 Å². The van der Waals surface area contributed by atoms with Crippen LogP contribution >= 0.6 is 0 Å². The normalized spacial score (nSPS) is 22.4. The molecule has 1 atom stereocenters. The number of hydrogen-bond acceptors (Lipinski definition) is 3. The number of anilines is 1. The minimum absolute atomic E-state index is 0.0529. The van der Waals surface area contributed by atoms with Crippen molar-refractivity contribution in [2.24, 2.45) is 0 Å². The van der Waals surface area contributed by atoms with Crippen molar-refractivity contribution in [1.82, 2.24) is 4.90 Å². The number of rotatable bonds is 2. The van der Waals surface area contributed by atoms with Crippen molar-refractivity contribution in [1.29, 1.82) is 0 Å². The van der Waals surface area contributed by atoms with E-state index in [0.29, 0.717) is 5.92 Å². The number of benzene rings is 2. The van der Waals surface area contributed by atoms with E-state index in [4.69, 9.17) is 9.47 Å². The van der Waals surface area contributed by atoms with Crippen LogP contribution in [-0.4, -0.2) is 29.8 Å². The highest BCUT2D eigenvalue weighted by Crippen LogP contribution is 2.47. The van der Waals surface area contributed by atoms with Gasteiger partial charge in [0.1, 0.15) is 0 Å². The van der Waals surface area contributed by atoms with E-state index in [1.54, 1.807) is 0 Å². The zero-order valence-corrected chi connectivity index (χ0v) is 15.3. The Bertz CT molecular complexity index is 846. The summed E-state index contributed by atoms with van der Waals surface area (Å²) in [5.74, 6) is 1.46. The molecule has 2 aromatic carbocycles. The summed E-state index contributed by atoms with van der Waals surface area (Å²) in [6.45, 7) is 1.53. The third kappa shape index (κ3) is 3.11. The van der Waals surface area contributed by atoms with Crippen LogP contribution in [0.2, 0.25) is 0 Å². The molecule has 2 amide bonds. The molecule has 140 valence electrons. The summed E-state index contributed by atoms with van der Waals surface area (Å²) in [7, 11) is 0. The Balaban J connectivity index is 1.24. The molecule has 2 aliphatic heterocycles. The van der Waals surface area contributed by atoms with Gasteiger partial charge in [0.25, 0.3) is 5.79 Å². The van der Waals surface area contributed by atoms with Crippen molar-refractivity contribution in [2.75, 3.05) is 18.4 Å². The third-order valence-electron chi connectivity index (χ3n) is 5.90. The second kappa shape index (κ2) is 6.48. The van der Waals surface area contributed by atoms with Crippen LogP contribution in [0.25, 0.3) is 0 Å². The monoisotopic (exact) mass is 364 g/mol. The van der Waals surface area contributed by atoms with Crippen LogP contribution in [-0.2, 0) is 0 Å². The summed E-state index contributed by atoms with van der Waals surface area (Å²) in [5.41, 5.74) is 2.05. The van der Waals surface area contributed by atoms with Crippen LogP contribution in [0.4, 0.5) is 10.5 Å². The molecular formula is C22H24N2O3. The Morgan fingerprint density at radius 3 is 2.63 bits per heavy atom. The van der Waals surface area contributed by atoms with Crippen molar-refractivity contribution in [3.05, 3.63) is 54.1 Å². The quantitative estimate of drug-likeness (QED) is 0.837. The first-order chi connectivity index (χ1) is 13.2. The summed E-state index contributed by atoms with van der Waals surface area (Å²) in [6.07, 6.45) is 5.13. The Morgan fingerprint density at radius 1 is 1.04 bits per heavy atom. The highest BCUT2D eigenvalue weighted by atomic mass is 16.7. The van der Waals surface area contributed by atoms with E-state index in [0.717, 1.165) is 62.4 Å². The highest BCUT2D eigenvalue weighted by Gasteiger charge is 2.44. The standard InChI is InChI=1S/C22H24N2O3/c25-21(24-13-10-17(15-24)16-6-2-1-3-7-16)23-18-8-9-19-20(14-18)27-22(26-19)11-4-5-12-22/h1-3,6-9,14,17H,4-5,10-13,15H2,(H,23,25). The smallest absolute Gasteiger partial charge is 0.321 e. The summed E-state index contributed by atoms with van der Waals surface area (Å²) in [6, 6.07) is 16.0. The van der Waals surface area contributed by atoms with E-state index in [2.05, 4.69) is 29.6 Å². The van der Waals surface area contributed by atoms with Gasteiger partial charge in [0, 0.05) is 43.6 Å². The number of hydrogen-bond donors (Lipinski definition) is 1. The average Bonchev–Trinajstić information content (AvgIpc) is 3.42. The van der Waals surface area contributed by atoms with Crippen molar-refractivity contribution in [3.63, 3.8) is 0 Å². The molecule has 0 bridgehead atoms. The fourth-order valence-corrected chi connectivity index (χ4v) is 4.43. The lowest BCUT2D eigenvalue weighted by molar-refractivity contribution is -0.0716. The zero-order chi connectivity index (χ0) is 18.3. The summed E-state index contributed by atoms with van der Waals surface area (Å²) >= 11 is 0. The lowest BCUT2D eigenvalue weighted by Gasteiger charge is -2.21. The second-order valence-electron chi connectivity index (χ2n) is 7.76. The molecule has 5 nitrogen and oxygen atoms in total. The number of amides is 2. The number of likely N-dealkylation sites (tertiary alicyclic amines) is 1. The van der Waals surface area contributed by atoms with Crippen molar-refractivity contribution >= 4 is 11.7 Å². The average molecular weight is 364 g/mol. The van der Waals surface area contributed by atoms with Gasteiger partial charge in [-0.05, 0) is 37.0 Å². The van der Waals surface area contributed by atoms with Gasteiger partial charge in [-0.25, -0.2) is 4.79 Å². The Morgan fingerprint density at radius 2 is 1.81 bits per heavy atom. The number of carbonyl (C=O) groups excluding carboxylic acids is 1. The van der Waals surface area contributed by atoms with Gasteiger partial charge >= 0.3 is 6.03 Å². The summed E-state index contributed by atoms with van der Waals surface area (Å²) in [5, 5.41) is 3.02. The van der Waals surface area contributed by atoms with Gasteiger partial charge in [0.15, 0.2) is 11.5 Å². The van der Waals surface area contributed by atoms with E-state index >= 15 is 0 Å². The van der Waals surface area contributed by atoms with E-state index in [1.165, 1.54) is 5.56 Å². The van der Waals surface area contributed by atoms with Crippen LogP contribution in [0.15, 0.2) is 48.5 Å². The molecule has 1 saturated carbocycles. The molecule has 2 aromatic rings. The van der Waals surface area contributed by atoms with Crippen molar-refractivity contribution in [3.8, 4) is 11.5 Å². The predicted octanol–water partition coefficient (Wildman–Crippen LogP) is 4.75. The lowest BCUT2D eigenvalue weighted by Crippen LogP contribution is -2.34. The second-order valence-corrected chi connectivity index (χ2v) is 7.76. The fourth-order valence-electron chi connectivity index (χ4n) is 4.43. The van der Waals surface area contributed by atoms with E-state index < -0.39 is 5.79 Å². The summed E-state index contributed by atoms with van der Waals surface area (Å²) in [4.78, 5) is 14.6. The Labute approximate surface area is 159 Å². The fraction of sp³-hybridized carbons (Fsp3) is 0.409. The van der Waals surface area contributed by atoms with Crippen molar-refractivity contribution < 1.29 is 14.3 Å². The predicted molar refractivity (Wildman–Crippen MR) is 103 cm³/mol. The number of nitrogens with one attached hydrogen (secondary N) is 1. The molecule has 0 aromatic heterocycles. The maximum atomic E-state index is 12.7. The minimum Gasteiger partial charge on any atom is -0.448 e. The number of ether oxygens (including phenoxy) is 2. The third-order valence-corrected chi connectivity index (χ3v) is 5.90. The lowest BCUT2D eigenvalue weighted by atomic mass is 9.99. The zero-order valence-electron chi connectivity index (χ0n) is 15.3. The molecular weight excluding hydrogens is 340 g/mol. The number of urea groups is 1. The number of fused-ring (bicyclic) bond motifs is 1. The van der Waals surface area contributed by atoms with Crippen LogP contribution in [0.1, 0.15) is 43.6 Å². The molecule has 27 heavy (non-hydrogen) atoms. The molecule has 3 aliphatic rings. The van der Waals surface area contributed by atoms with Crippen LogP contribution in [0.3, 0.4) is 0 Å². The molecule has 5 heteroatoms. The SMILES string of the molecule is O=C(Nc1ccc2c(c1)OC1(CCCC1)O2)N1CCC(c2ccccc2)C1. The molecule has 1 N–H and O–H groups in total. The molecule has 2 heterocycles. The van der Waals surface area contributed by atoms with Gasteiger partial charge < -0.3 is 19.7 Å². The summed E-state index contributed by atoms with van der Waals surface area (Å²) < 4.78 is 12.1. The van der Waals surface area contributed by atoms with Gasteiger partial charge in [0.2, 0.25) is 0 Å². The van der Waals surface area contributed by atoms with Gasteiger partial charge in [-0.15, -0.1) is 0 Å². The van der Waals surface area contributed by atoms with Crippen LogP contribution in [0.5, 0.6) is 11.5 Å². The van der Waals surface area contributed by atoms with Crippen LogP contribution < -0.4 is 14.8 Å². The maximum Gasteiger partial charge on any atom is 0.321 e. The largest absolute Gasteiger partial charge is 0.448 e. The first-order valence-corrected chi connectivity index (χ1v) is 9.84. The van der Waals surface area contributed by atoms with E-state index in [9.17, 15) is 4.79 Å². The molecule has 1 unspecified atom stereocenters. The first kappa shape index (κ1) is 16.5. The molecule has 2 fully saturated rings. The highest BCUT2D eigenvalue weighted by molar-refractivity contribution is 5.90. The Hall–Kier alpha value is -2.69. The number of carbonyl (C=O) groups is 1. The molecule has 1 aliphatic carbocycles. The van der Waals surface area contributed by atoms with Crippen molar-refractivity contribution in [2.45, 2.75) is 43.8 Å². The molecule has 1 saturated heterocycles. The Kier molecular flexibility index (Phi) is 3.96. The number of nitrogens with zero attached hydrogens (tertiary/aromatic N) is 1. The maximum absolute atomic E-state index is 12.7. The van der Waals surface area contributed by atoms with E-state index in [-0.39, 0.29) is 6.03 Å². The molecule has 0 radical (unpaired) electrons. The molecule has 1 spiro atoms. The van der Waals surface area contributed by atoms with Gasteiger partial charge in [-0.2, -0.15) is 0 Å². The minimum atomic E-state index is -0.469. The first-order valence-electron chi connectivity index (χ1n) is 9.84. The molecule has 5 rings (SSSR count). The van der Waals surface area contributed by atoms with Gasteiger partial charge in [-0.3, -0.25) is 0 Å². The van der Waals surface area contributed by atoms with Gasteiger partial charge in [0.05, 0.1) is 0 Å². The van der Waals surface area contributed by atoms with E-state index in [1.807, 2.05) is 29.2 Å². The van der Waals surface area contributed by atoms with Crippen LogP contribution in [0, 0.1) is 0 Å².